The average molecular weight is 343 g/mol. The molecule has 0 aliphatic heterocycles. The maximum absolute atomic E-state index is 13.6. The van der Waals surface area contributed by atoms with Gasteiger partial charge >= 0.3 is 0 Å². The van der Waals surface area contributed by atoms with Gasteiger partial charge in [0.25, 0.3) is 0 Å². The van der Waals surface area contributed by atoms with Crippen LogP contribution in [0, 0.1) is 5.82 Å². The molecule has 0 atom stereocenters. The number of carbonyl (C=O) groups excluding carboxylic acids is 1. The second-order valence-corrected chi connectivity index (χ2v) is 5.83. The highest BCUT2D eigenvalue weighted by Crippen LogP contribution is 2.22. The Morgan fingerprint density at radius 2 is 1.96 bits per heavy atom. The van der Waals surface area contributed by atoms with Crippen molar-refractivity contribution in [2.24, 2.45) is 0 Å². The number of benzene rings is 2. The molecule has 0 amide bonds. The molecule has 0 bridgehead atoms. The van der Waals surface area contributed by atoms with Gasteiger partial charge in [0.15, 0.2) is 11.6 Å². The Bertz CT molecular complexity index is 849. The van der Waals surface area contributed by atoms with Crippen LogP contribution in [0.2, 0.25) is 0 Å². The Balaban J connectivity index is 1.66. The van der Waals surface area contributed by atoms with Crippen LogP contribution in [0.15, 0.2) is 53.7 Å². The lowest BCUT2D eigenvalue weighted by molar-refractivity contribution is 0.101. The number of methoxy groups -OCH3 is 1. The minimum absolute atomic E-state index is 0.0703. The summed E-state index contributed by atoms with van der Waals surface area (Å²) >= 11 is 1.16. The summed E-state index contributed by atoms with van der Waals surface area (Å²) in [6.07, 6.45) is 0. The highest BCUT2D eigenvalue weighted by molar-refractivity contribution is 7.99. The van der Waals surface area contributed by atoms with Gasteiger partial charge in [-0.05, 0) is 36.4 Å². The number of Topliss-reactive ketones (excluding diaryl/α,β-unsaturated/α-hetero) is 1. The third kappa shape index (κ3) is 3.62. The number of hydrogen-bond acceptors (Lipinski definition) is 5. The molecule has 0 fully saturated rings. The second-order valence-electron chi connectivity index (χ2n) is 4.89. The number of ether oxygens (including phenoxy) is 1. The zero-order valence-electron chi connectivity index (χ0n) is 12.8. The Morgan fingerprint density at radius 3 is 2.67 bits per heavy atom. The van der Waals surface area contributed by atoms with E-state index >= 15 is 0 Å². The van der Waals surface area contributed by atoms with Crippen LogP contribution in [0.4, 0.5) is 4.39 Å². The molecule has 0 radical (unpaired) electrons. The molecule has 3 rings (SSSR count). The molecule has 0 aliphatic rings. The maximum Gasteiger partial charge on any atom is 0.209 e. The molecule has 0 unspecified atom stereocenters. The first-order chi connectivity index (χ1) is 11.7. The standard InChI is InChI=1S/C17H14FN3O2S/c1-23-12-8-6-11(7-9-12)16-19-17(21-20-16)24-10-15(22)13-4-2-3-5-14(13)18/h2-9H,10H2,1H3,(H,19,20,21). The molecule has 0 aliphatic carbocycles. The second kappa shape index (κ2) is 7.27. The smallest absolute Gasteiger partial charge is 0.209 e. The molecular weight excluding hydrogens is 329 g/mol. The van der Waals surface area contributed by atoms with Crippen LogP contribution in [0.1, 0.15) is 10.4 Å². The molecule has 5 nitrogen and oxygen atoms in total. The predicted octanol–water partition coefficient (Wildman–Crippen LogP) is 3.59. The Morgan fingerprint density at radius 1 is 1.21 bits per heavy atom. The van der Waals surface area contributed by atoms with Gasteiger partial charge in [0, 0.05) is 5.56 Å². The minimum atomic E-state index is -0.517. The van der Waals surface area contributed by atoms with Gasteiger partial charge < -0.3 is 4.74 Å². The van der Waals surface area contributed by atoms with Gasteiger partial charge in [-0.15, -0.1) is 5.10 Å². The molecule has 0 saturated heterocycles. The molecule has 0 saturated carbocycles. The van der Waals surface area contributed by atoms with Gasteiger partial charge in [-0.25, -0.2) is 9.37 Å². The molecule has 3 aromatic rings. The molecule has 1 N–H and O–H groups in total. The van der Waals surface area contributed by atoms with E-state index in [-0.39, 0.29) is 17.1 Å². The predicted molar refractivity (Wildman–Crippen MR) is 89.8 cm³/mol. The lowest BCUT2D eigenvalue weighted by Gasteiger charge is -2.00. The van der Waals surface area contributed by atoms with E-state index in [1.165, 1.54) is 12.1 Å². The van der Waals surface area contributed by atoms with Crippen molar-refractivity contribution in [2.45, 2.75) is 5.16 Å². The van der Waals surface area contributed by atoms with Crippen LogP contribution >= 0.6 is 11.8 Å². The van der Waals surface area contributed by atoms with Crippen LogP contribution < -0.4 is 4.74 Å². The van der Waals surface area contributed by atoms with Crippen molar-refractivity contribution < 1.29 is 13.9 Å². The van der Waals surface area contributed by atoms with Gasteiger partial charge in [0.05, 0.1) is 18.4 Å². The number of H-pyrrole nitrogens is 1. The zero-order chi connectivity index (χ0) is 16.9. The number of hydrogen-bond donors (Lipinski definition) is 1. The fraction of sp³-hybridized carbons (Fsp3) is 0.118. The van der Waals surface area contributed by atoms with Gasteiger partial charge in [-0.1, -0.05) is 23.9 Å². The highest BCUT2D eigenvalue weighted by Gasteiger charge is 2.13. The van der Waals surface area contributed by atoms with Crippen molar-refractivity contribution in [1.29, 1.82) is 0 Å². The van der Waals surface area contributed by atoms with Crippen molar-refractivity contribution in [3.8, 4) is 17.1 Å². The van der Waals surface area contributed by atoms with E-state index in [2.05, 4.69) is 15.2 Å². The fourth-order valence-corrected chi connectivity index (χ4v) is 2.77. The van der Waals surface area contributed by atoms with Crippen molar-refractivity contribution in [2.75, 3.05) is 12.9 Å². The Kier molecular flexibility index (Phi) is 4.90. The number of nitrogens with one attached hydrogen (secondary N) is 1. The number of rotatable bonds is 6. The van der Waals surface area contributed by atoms with E-state index < -0.39 is 5.82 Å². The summed E-state index contributed by atoms with van der Waals surface area (Å²) in [6.45, 7) is 0. The summed E-state index contributed by atoms with van der Waals surface area (Å²) in [5.74, 6) is 0.605. The summed E-state index contributed by atoms with van der Waals surface area (Å²) in [4.78, 5) is 16.4. The molecule has 7 heteroatoms. The van der Waals surface area contributed by atoms with E-state index in [0.29, 0.717) is 11.0 Å². The topological polar surface area (TPSA) is 67.9 Å². The molecule has 0 spiro atoms. The van der Waals surface area contributed by atoms with E-state index in [1.807, 2.05) is 24.3 Å². The Labute approximate surface area is 142 Å². The summed E-state index contributed by atoms with van der Waals surface area (Å²) in [7, 11) is 1.60. The first kappa shape index (κ1) is 16.2. The normalized spacial score (nSPS) is 10.6. The van der Waals surface area contributed by atoms with Crippen molar-refractivity contribution >= 4 is 17.5 Å². The number of ketones is 1. The largest absolute Gasteiger partial charge is 0.497 e. The van der Waals surface area contributed by atoms with Crippen molar-refractivity contribution in [3.63, 3.8) is 0 Å². The minimum Gasteiger partial charge on any atom is -0.497 e. The van der Waals surface area contributed by atoms with E-state index in [0.717, 1.165) is 23.1 Å². The maximum atomic E-state index is 13.6. The number of thioether (sulfide) groups is 1. The number of carbonyl (C=O) groups is 1. The van der Waals surface area contributed by atoms with Crippen LogP contribution in [-0.2, 0) is 0 Å². The first-order valence-electron chi connectivity index (χ1n) is 7.14. The third-order valence-corrected chi connectivity index (χ3v) is 4.18. The molecule has 24 heavy (non-hydrogen) atoms. The number of halogens is 1. The third-order valence-electron chi connectivity index (χ3n) is 3.33. The van der Waals surface area contributed by atoms with E-state index in [1.54, 1.807) is 19.2 Å². The quantitative estimate of drug-likeness (QED) is 0.547. The van der Waals surface area contributed by atoms with E-state index in [4.69, 9.17) is 4.74 Å². The Hall–Kier alpha value is -2.67. The zero-order valence-corrected chi connectivity index (χ0v) is 13.6. The number of aromatic amines is 1. The van der Waals surface area contributed by atoms with Crippen LogP contribution in [0.3, 0.4) is 0 Å². The molecule has 1 aromatic heterocycles. The first-order valence-corrected chi connectivity index (χ1v) is 8.13. The lowest BCUT2D eigenvalue weighted by Crippen LogP contribution is -2.05. The molecular formula is C17H14FN3O2S. The molecule has 122 valence electrons. The summed E-state index contributed by atoms with van der Waals surface area (Å²) in [5.41, 5.74) is 0.937. The van der Waals surface area contributed by atoms with Crippen molar-refractivity contribution in [1.82, 2.24) is 15.2 Å². The van der Waals surface area contributed by atoms with Crippen molar-refractivity contribution in [3.05, 3.63) is 59.9 Å². The number of aromatic nitrogens is 3. The van der Waals surface area contributed by atoms with Gasteiger partial charge in [-0.3, -0.25) is 9.89 Å². The van der Waals surface area contributed by atoms with E-state index in [9.17, 15) is 9.18 Å². The summed E-state index contributed by atoms with van der Waals surface area (Å²) in [5, 5.41) is 7.33. The molecule has 2 aromatic carbocycles. The fourth-order valence-electron chi connectivity index (χ4n) is 2.08. The van der Waals surface area contributed by atoms with Crippen LogP contribution in [0.25, 0.3) is 11.4 Å². The monoisotopic (exact) mass is 343 g/mol. The van der Waals surface area contributed by atoms with Crippen LogP contribution in [-0.4, -0.2) is 33.8 Å². The SMILES string of the molecule is COc1ccc(-c2nc(SCC(=O)c3ccccc3F)n[nH]2)cc1. The van der Waals surface area contributed by atoms with Gasteiger partial charge in [0.2, 0.25) is 5.16 Å². The van der Waals surface area contributed by atoms with Gasteiger partial charge in [0.1, 0.15) is 11.6 Å². The summed E-state index contributed by atoms with van der Waals surface area (Å²) in [6, 6.07) is 13.3. The molecule has 1 heterocycles. The average Bonchev–Trinajstić information content (AvgIpc) is 3.09. The van der Waals surface area contributed by atoms with Gasteiger partial charge in [-0.2, -0.15) is 0 Å². The number of nitrogens with zero attached hydrogens (tertiary/aromatic N) is 2. The lowest BCUT2D eigenvalue weighted by atomic mass is 10.1. The highest BCUT2D eigenvalue weighted by atomic mass is 32.2. The van der Waals surface area contributed by atoms with Crippen LogP contribution in [0.5, 0.6) is 5.75 Å². The summed E-state index contributed by atoms with van der Waals surface area (Å²) < 4.78 is 18.7.